The van der Waals surface area contributed by atoms with Crippen molar-refractivity contribution in [2.75, 3.05) is 13.7 Å². The predicted molar refractivity (Wildman–Crippen MR) is 75.1 cm³/mol. The van der Waals surface area contributed by atoms with Crippen molar-refractivity contribution < 1.29 is 9.53 Å². The number of hydrogen-bond donors (Lipinski definition) is 1. The number of methoxy groups -OCH3 is 1. The molecule has 98 valence electrons. The third-order valence-electron chi connectivity index (χ3n) is 2.95. The lowest BCUT2D eigenvalue weighted by molar-refractivity contribution is 0.0601. The number of ether oxygens (including phenoxy) is 1. The summed E-state index contributed by atoms with van der Waals surface area (Å²) in [6.07, 6.45) is 6.72. The number of benzene rings is 1. The van der Waals surface area contributed by atoms with E-state index in [1.807, 2.05) is 12.1 Å². The molecule has 3 nitrogen and oxygen atoms in total. The molecule has 1 aliphatic rings. The second kappa shape index (κ2) is 7.19. The molecule has 4 heteroatoms. The van der Waals surface area contributed by atoms with Gasteiger partial charge in [0.15, 0.2) is 0 Å². The van der Waals surface area contributed by atoms with Gasteiger partial charge in [-0.15, -0.1) is 12.4 Å². The van der Waals surface area contributed by atoms with Gasteiger partial charge in [0.25, 0.3) is 0 Å². The third kappa shape index (κ3) is 3.86. The Morgan fingerprint density at radius 2 is 2.11 bits per heavy atom. The Balaban J connectivity index is 0.00000162. The maximum absolute atomic E-state index is 11.2. The molecule has 1 atom stereocenters. The lowest BCUT2D eigenvalue weighted by Crippen LogP contribution is -2.17. The van der Waals surface area contributed by atoms with Crippen molar-refractivity contribution >= 4 is 24.5 Å². The number of rotatable bonds is 3. The van der Waals surface area contributed by atoms with Crippen LogP contribution in [0.15, 0.2) is 30.3 Å². The van der Waals surface area contributed by atoms with Crippen LogP contribution in [0, 0.1) is 0 Å². The second-order valence-corrected chi connectivity index (χ2v) is 4.18. The molecule has 0 aliphatic carbocycles. The Hall–Kier alpha value is -1.32. The Kier molecular flexibility index (Phi) is 5.89. The highest BCUT2D eigenvalue weighted by molar-refractivity contribution is 5.89. The SMILES string of the molecule is COC(=O)c1ccc(/C=C/C2CCCN2)cc1.Cl. The molecule has 0 amide bonds. The lowest BCUT2D eigenvalue weighted by Gasteiger charge is -2.03. The largest absolute Gasteiger partial charge is 0.465 e. The van der Waals surface area contributed by atoms with E-state index in [4.69, 9.17) is 0 Å². The molecule has 0 spiro atoms. The molecule has 2 rings (SSSR count). The van der Waals surface area contributed by atoms with Crippen molar-refractivity contribution in [1.82, 2.24) is 5.32 Å². The summed E-state index contributed by atoms with van der Waals surface area (Å²) < 4.78 is 4.65. The van der Waals surface area contributed by atoms with Gasteiger partial charge in [0.2, 0.25) is 0 Å². The minimum Gasteiger partial charge on any atom is -0.465 e. The summed E-state index contributed by atoms with van der Waals surface area (Å²) in [5, 5.41) is 3.40. The molecule has 1 saturated heterocycles. The topological polar surface area (TPSA) is 38.3 Å². The summed E-state index contributed by atoms with van der Waals surface area (Å²) in [4.78, 5) is 11.2. The maximum Gasteiger partial charge on any atom is 0.337 e. The minimum absolute atomic E-state index is 0. The van der Waals surface area contributed by atoms with Gasteiger partial charge in [-0.25, -0.2) is 4.79 Å². The molecule has 0 bridgehead atoms. The van der Waals surface area contributed by atoms with E-state index >= 15 is 0 Å². The van der Waals surface area contributed by atoms with E-state index in [2.05, 4.69) is 22.2 Å². The summed E-state index contributed by atoms with van der Waals surface area (Å²) in [5.74, 6) is -0.294. The number of carbonyl (C=O) groups is 1. The average molecular weight is 268 g/mol. The third-order valence-corrected chi connectivity index (χ3v) is 2.95. The summed E-state index contributed by atoms with van der Waals surface area (Å²) >= 11 is 0. The van der Waals surface area contributed by atoms with Crippen molar-refractivity contribution in [3.63, 3.8) is 0 Å². The monoisotopic (exact) mass is 267 g/mol. The van der Waals surface area contributed by atoms with Crippen molar-refractivity contribution in [2.45, 2.75) is 18.9 Å². The quantitative estimate of drug-likeness (QED) is 0.856. The van der Waals surface area contributed by atoms with Crippen molar-refractivity contribution in [1.29, 1.82) is 0 Å². The van der Waals surface area contributed by atoms with E-state index in [-0.39, 0.29) is 18.4 Å². The molecular formula is C14H18ClNO2. The number of halogens is 1. The molecule has 1 N–H and O–H groups in total. The van der Waals surface area contributed by atoms with Crippen molar-refractivity contribution in [3.8, 4) is 0 Å². The van der Waals surface area contributed by atoms with Crippen LogP contribution in [0.2, 0.25) is 0 Å². The maximum atomic E-state index is 11.2. The fourth-order valence-corrected chi connectivity index (χ4v) is 1.95. The van der Waals surface area contributed by atoms with Crippen LogP contribution < -0.4 is 5.32 Å². The van der Waals surface area contributed by atoms with Gasteiger partial charge < -0.3 is 10.1 Å². The molecule has 1 aromatic carbocycles. The molecule has 0 saturated carbocycles. The van der Waals surface area contributed by atoms with Gasteiger partial charge in [0.05, 0.1) is 12.7 Å². The van der Waals surface area contributed by atoms with E-state index in [0.717, 1.165) is 12.1 Å². The van der Waals surface area contributed by atoms with Crippen molar-refractivity contribution in [3.05, 3.63) is 41.5 Å². The Labute approximate surface area is 114 Å². The smallest absolute Gasteiger partial charge is 0.337 e. The number of carbonyl (C=O) groups excluding carboxylic acids is 1. The number of nitrogens with one attached hydrogen (secondary N) is 1. The molecule has 0 aromatic heterocycles. The van der Waals surface area contributed by atoms with E-state index in [9.17, 15) is 4.79 Å². The fraction of sp³-hybridized carbons (Fsp3) is 0.357. The van der Waals surface area contributed by atoms with E-state index in [1.165, 1.54) is 20.0 Å². The highest BCUT2D eigenvalue weighted by Gasteiger charge is 2.09. The summed E-state index contributed by atoms with van der Waals surface area (Å²) in [5.41, 5.74) is 1.69. The van der Waals surface area contributed by atoms with E-state index in [0.29, 0.717) is 11.6 Å². The predicted octanol–water partition coefficient (Wildman–Crippen LogP) is 2.66. The summed E-state index contributed by atoms with van der Waals surface area (Å²) in [6, 6.07) is 7.92. The normalized spacial score (nSPS) is 18.6. The van der Waals surface area contributed by atoms with Crippen LogP contribution in [-0.2, 0) is 4.74 Å². The van der Waals surface area contributed by atoms with Gasteiger partial charge in [-0.05, 0) is 37.1 Å². The molecule has 0 radical (unpaired) electrons. The first-order chi connectivity index (χ1) is 8.29. The van der Waals surface area contributed by atoms with Crippen molar-refractivity contribution in [2.24, 2.45) is 0 Å². The summed E-state index contributed by atoms with van der Waals surface area (Å²) in [6.45, 7) is 1.11. The second-order valence-electron chi connectivity index (χ2n) is 4.18. The van der Waals surface area contributed by atoms with E-state index in [1.54, 1.807) is 12.1 Å². The fourth-order valence-electron chi connectivity index (χ4n) is 1.95. The van der Waals surface area contributed by atoms with Gasteiger partial charge in [0, 0.05) is 6.04 Å². The zero-order valence-corrected chi connectivity index (χ0v) is 11.2. The lowest BCUT2D eigenvalue weighted by atomic mass is 10.1. The highest BCUT2D eigenvalue weighted by atomic mass is 35.5. The van der Waals surface area contributed by atoms with Gasteiger partial charge in [-0.1, -0.05) is 24.3 Å². The Morgan fingerprint density at radius 3 is 2.67 bits per heavy atom. The van der Waals surface area contributed by atoms with Crippen LogP contribution in [0.1, 0.15) is 28.8 Å². The first-order valence-electron chi connectivity index (χ1n) is 5.89. The number of hydrogen-bond acceptors (Lipinski definition) is 3. The Morgan fingerprint density at radius 1 is 1.39 bits per heavy atom. The van der Waals surface area contributed by atoms with Gasteiger partial charge >= 0.3 is 5.97 Å². The minimum atomic E-state index is -0.294. The average Bonchev–Trinajstić information content (AvgIpc) is 2.89. The zero-order valence-electron chi connectivity index (χ0n) is 10.4. The van der Waals surface area contributed by atoms with E-state index < -0.39 is 0 Å². The molecule has 1 aromatic rings. The zero-order chi connectivity index (χ0) is 12.1. The van der Waals surface area contributed by atoms with Crippen LogP contribution >= 0.6 is 12.4 Å². The van der Waals surface area contributed by atoms with Crippen LogP contribution in [0.25, 0.3) is 6.08 Å². The van der Waals surface area contributed by atoms with Crippen LogP contribution in [0.3, 0.4) is 0 Å². The molecule has 1 heterocycles. The first kappa shape index (κ1) is 14.7. The molecule has 18 heavy (non-hydrogen) atoms. The van der Waals surface area contributed by atoms with Gasteiger partial charge in [0.1, 0.15) is 0 Å². The molecular weight excluding hydrogens is 250 g/mol. The number of esters is 1. The molecule has 1 unspecified atom stereocenters. The van der Waals surface area contributed by atoms with Crippen LogP contribution in [0.4, 0.5) is 0 Å². The Bertz CT molecular complexity index is 408. The first-order valence-corrected chi connectivity index (χ1v) is 5.89. The summed E-state index contributed by atoms with van der Waals surface area (Å²) in [7, 11) is 1.39. The standard InChI is InChI=1S/C14H17NO2.ClH/c1-17-14(16)12-7-4-11(5-8-12)6-9-13-3-2-10-15-13;/h4-9,13,15H,2-3,10H2,1H3;1H/b9-6+;. The molecule has 1 fully saturated rings. The van der Waals surface area contributed by atoms with Gasteiger partial charge in [-0.2, -0.15) is 0 Å². The molecule has 1 aliphatic heterocycles. The highest BCUT2D eigenvalue weighted by Crippen LogP contribution is 2.11. The van der Waals surface area contributed by atoms with Crippen LogP contribution in [-0.4, -0.2) is 25.7 Å². The van der Waals surface area contributed by atoms with Gasteiger partial charge in [-0.3, -0.25) is 0 Å². The van der Waals surface area contributed by atoms with Crippen LogP contribution in [0.5, 0.6) is 0 Å².